The van der Waals surface area contributed by atoms with Crippen molar-refractivity contribution < 1.29 is 4.79 Å². The van der Waals surface area contributed by atoms with Crippen molar-refractivity contribution in [3.05, 3.63) is 23.8 Å². The summed E-state index contributed by atoms with van der Waals surface area (Å²) < 4.78 is 0. The molecule has 0 aromatic heterocycles. The molecule has 1 aromatic rings. The van der Waals surface area contributed by atoms with Gasteiger partial charge in [-0.3, -0.25) is 4.79 Å². The maximum Gasteiger partial charge on any atom is 0.225 e. The van der Waals surface area contributed by atoms with E-state index in [2.05, 4.69) is 22.5 Å². The zero-order chi connectivity index (χ0) is 14.5. The van der Waals surface area contributed by atoms with Crippen LogP contribution in [0.5, 0.6) is 0 Å². The lowest BCUT2D eigenvalue weighted by atomic mass is 10.0. The monoisotopic (exact) mass is 275 g/mol. The summed E-state index contributed by atoms with van der Waals surface area (Å²) in [6, 6.07) is 6.38. The number of benzene rings is 1. The van der Waals surface area contributed by atoms with E-state index >= 15 is 0 Å². The average Bonchev–Trinajstić information content (AvgIpc) is 2.41. The van der Waals surface area contributed by atoms with Crippen molar-refractivity contribution in [3.8, 4) is 0 Å². The normalized spacial score (nSPS) is 18.6. The van der Waals surface area contributed by atoms with Gasteiger partial charge in [0.25, 0.3) is 0 Å². The van der Waals surface area contributed by atoms with E-state index in [-0.39, 0.29) is 5.91 Å². The maximum absolute atomic E-state index is 12.1. The van der Waals surface area contributed by atoms with Gasteiger partial charge < -0.3 is 15.5 Å². The summed E-state index contributed by atoms with van der Waals surface area (Å²) in [7, 11) is 4.03. The first kappa shape index (κ1) is 14.9. The molecule has 0 bridgehead atoms. The molecular weight excluding hydrogens is 250 g/mol. The molecule has 1 heterocycles. The number of hydrogen-bond donors (Lipinski definition) is 2. The number of amides is 1. The van der Waals surface area contributed by atoms with Crippen molar-refractivity contribution in [2.45, 2.75) is 38.6 Å². The number of aryl methyl sites for hydroxylation is 1. The van der Waals surface area contributed by atoms with E-state index in [4.69, 9.17) is 0 Å². The summed E-state index contributed by atoms with van der Waals surface area (Å²) in [5, 5.41) is 6.41. The van der Waals surface area contributed by atoms with Gasteiger partial charge in [0, 0.05) is 37.9 Å². The standard InChI is InChI=1S/C16H25N3O/c1-12-7-8-14(10-15(12)19(2)3)18-16(20)11-13-6-4-5-9-17-13/h7-8,10,13,17H,4-6,9,11H2,1-3H3,(H,18,20). The van der Waals surface area contributed by atoms with Crippen molar-refractivity contribution in [1.82, 2.24) is 5.32 Å². The SMILES string of the molecule is Cc1ccc(NC(=O)CC2CCCCN2)cc1N(C)C. The van der Waals surface area contributed by atoms with Crippen molar-refractivity contribution in [2.75, 3.05) is 30.9 Å². The molecular formula is C16H25N3O. The van der Waals surface area contributed by atoms with Gasteiger partial charge in [0.15, 0.2) is 0 Å². The first-order valence-corrected chi connectivity index (χ1v) is 7.37. The second-order valence-electron chi connectivity index (χ2n) is 5.79. The summed E-state index contributed by atoms with van der Waals surface area (Å²) in [5.74, 6) is 0.0953. The molecule has 1 unspecified atom stereocenters. The third-order valence-electron chi connectivity index (χ3n) is 3.82. The molecule has 1 aliphatic heterocycles. The van der Waals surface area contributed by atoms with Gasteiger partial charge in [-0.2, -0.15) is 0 Å². The molecule has 1 amide bonds. The zero-order valence-electron chi connectivity index (χ0n) is 12.7. The third kappa shape index (κ3) is 3.97. The molecule has 2 N–H and O–H groups in total. The van der Waals surface area contributed by atoms with Crippen LogP contribution in [-0.4, -0.2) is 32.6 Å². The fourth-order valence-electron chi connectivity index (χ4n) is 2.70. The highest BCUT2D eigenvalue weighted by atomic mass is 16.1. The molecule has 0 radical (unpaired) electrons. The zero-order valence-corrected chi connectivity index (χ0v) is 12.7. The quantitative estimate of drug-likeness (QED) is 0.887. The molecule has 4 heteroatoms. The highest BCUT2D eigenvalue weighted by molar-refractivity contribution is 5.91. The van der Waals surface area contributed by atoms with E-state index in [0.29, 0.717) is 12.5 Å². The molecule has 20 heavy (non-hydrogen) atoms. The molecule has 1 aliphatic rings. The summed E-state index contributed by atoms with van der Waals surface area (Å²) in [5.41, 5.74) is 3.22. The highest BCUT2D eigenvalue weighted by Crippen LogP contribution is 2.22. The minimum Gasteiger partial charge on any atom is -0.377 e. The molecule has 0 saturated carbocycles. The Hall–Kier alpha value is -1.55. The Morgan fingerprint density at radius 1 is 1.40 bits per heavy atom. The van der Waals surface area contributed by atoms with Gasteiger partial charge in [0.2, 0.25) is 5.91 Å². The molecule has 2 rings (SSSR count). The van der Waals surface area contributed by atoms with Gasteiger partial charge in [-0.05, 0) is 44.0 Å². The van der Waals surface area contributed by atoms with Crippen molar-refractivity contribution in [1.29, 1.82) is 0 Å². The van der Waals surface area contributed by atoms with E-state index in [9.17, 15) is 4.79 Å². The van der Waals surface area contributed by atoms with Crippen molar-refractivity contribution >= 4 is 17.3 Å². The lowest BCUT2D eigenvalue weighted by Crippen LogP contribution is -2.36. The summed E-state index contributed by atoms with van der Waals surface area (Å²) >= 11 is 0. The Labute approximate surface area is 121 Å². The molecule has 110 valence electrons. The molecule has 0 spiro atoms. The van der Waals surface area contributed by atoms with Crippen LogP contribution in [0.2, 0.25) is 0 Å². The average molecular weight is 275 g/mol. The molecule has 0 aliphatic carbocycles. The van der Waals surface area contributed by atoms with Crippen LogP contribution in [0, 0.1) is 6.92 Å². The van der Waals surface area contributed by atoms with Crippen LogP contribution in [0.15, 0.2) is 18.2 Å². The molecule has 1 aromatic carbocycles. The third-order valence-corrected chi connectivity index (χ3v) is 3.82. The Bertz CT molecular complexity index is 465. The number of carbonyl (C=O) groups excluding carboxylic acids is 1. The highest BCUT2D eigenvalue weighted by Gasteiger charge is 2.16. The number of hydrogen-bond acceptors (Lipinski definition) is 3. The minimum absolute atomic E-state index is 0.0953. The van der Waals surface area contributed by atoms with Crippen LogP contribution in [0.25, 0.3) is 0 Å². The predicted molar refractivity (Wildman–Crippen MR) is 84.4 cm³/mol. The molecule has 1 atom stereocenters. The molecule has 4 nitrogen and oxygen atoms in total. The fourth-order valence-corrected chi connectivity index (χ4v) is 2.70. The summed E-state index contributed by atoms with van der Waals surface area (Å²) in [4.78, 5) is 14.1. The maximum atomic E-state index is 12.1. The number of rotatable bonds is 4. The van der Waals surface area contributed by atoms with Crippen molar-refractivity contribution in [3.63, 3.8) is 0 Å². The predicted octanol–water partition coefficient (Wildman–Crippen LogP) is 2.53. The van der Waals surface area contributed by atoms with E-state index in [0.717, 1.165) is 24.3 Å². The number of anilines is 2. The van der Waals surface area contributed by atoms with Crippen LogP contribution in [0.3, 0.4) is 0 Å². The van der Waals surface area contributed by atoms with E-state index in [1.54, 1.807) is 0 Å². The van der Waals surface area contributed by atoms with Crippen LogP contribution in [0.4, 0.5) is 11.4 Å². The fraction of sp³-hybridized carbons (Fsp3) is 0.562. The smallest absolute Gasteiger partial charge is 0.225 e. The molecule has 1 fully saturated rings. The van der Waals surface area contributed by atoms with E-state index in [1.165, 1.54) is 18.4 Å². The number of nitrogens with zero attached hydrogens (tertiary/aromatic N) is 1. The minimum atomic E-state index is 0.0953. The lowest BCUT2D eigenvalue weighted by Gasteiger charge is -2.23. The van der Waals surface area contributed by atoms with Gasteiger partial charge in [-0.15, -0.1) is 0 Å². The van der Waals surface area contributed by atoms with Crippen LogP contribution in [-0.2, 0) is 4.79 Å². The van der Waals surface area contributed by atoms with Crippen LogP contribution >= 0.6 is 0 Å². The Balaban J connectivity index is 1.95. The molecule has 1 saturated heterocycles. The van der Waals surface area contributed by atoms with Crippen LogP contribution in [0.1, 0.15) is 31.2 Å². The summed E-state index contributed by atoms with van der Waals surface area (Å²) in [6.07, 6.45) is 4.11. The van der Waals surface area contributed by atoms with E-state index < -0.39 is 0 Å². The Morgan fingerprint density at radius 2 is 2.20 bits per heavy atom. The van der Waals surface area contributed by atoms with Gasteiger partial charge in [0.05, 0.1) is 0 Å². The Morgan fingerprint density at radius 3 is 2.85 bits per heavy atom. The second-order valence-corrected chi connectivity index (χ2v) is 5.79. The van der Waals surface area contributed by atoms with Gasteiger partial charge >= 0.3 is 0 Å². The van der Waals surface area contributed by atoms with Gasteiger partial charge in [-0.25, -0.2) is 0 Å². The van der Waals surface area contributed by atoms with Crippen molar-refractivity contribution in [2.24, 2.45) is 0 Å². The van der Waals surface area contributed by atoms with Gasteiger partial charge in [-0.1, -0.05) is 12.5 Å². The van der Waals surface area contributed by atoms with Crippen LogP contribution < -0.4 is 15.5 Å². The lowest BCUT2D eigenvalue weighted by molar-refractivity contribution is -0.116. The first-order valence-electron chi connectivity index (χ1n) is 7.37. The first-order chi connectivity index (χ1) is 9.56. The van der Waals surface area contributed by atoms with E-state index in [1.807, 2.05) is 32.3 Å². The second kappa shape index (κ2) is 6.75. The number of nitrogens with one attached hydrogen (secondary N) is 2. The summed E-state index contributed by atoms with van der Waals surface area (Å²) in [6.45, 7) is 3.11. The number of carbonyl (C=O) groups is 1. The Kier molecular flexibility index (Phi) is 5.01. The largest absolute Gasteiger partial charge is 0.377 e. The number of piperidine rings is 1. The topological polar surface area (TPSA) is 44.4 Å². The van der Waals surface area contributed by atoms with Gasteiger partial charge in [0.1, 0.15) is 0 Å².